The molecule has 0 aromatic rings. The van der Waals surface area contributed by atoms with E-state index in [1.807, 2.05) is 0 Å². The molecule has 0 heterocycles. The number of ether oxygens (including phenoxy) is 1. The average Bonchev–Trinajstić information content (AvgIpc) is 2.12. The van der Waals surface area contributed by atoms with E-state index in [1.54, 1.807) is 7.05 Å². The number of hydrogen-bond acceptors (Lipinski definition) is 4. The summed E-state index contributed by atoms with van der Waals surface area (Å²) in [5.74, 6) is -1.27. The van der Waals surface area contributed by atoms with Gasteiger partial charge < -0.3 is 20.1 Å². The minimum atomic E-state index is -1.02. The number of carboxylic acid groups (broad SMARTS) is 1. The summed E-state index contributed by atoms with van der Waals surface area (Å²) < 4.78 is 4.77. The lowest BCUT2D eigenvalue weighted by atomic mass is 10.4. The van der Waals surface area contributed by atoms with Crippen LogP contribution in [-0.4, -0.2) is 62.3 Å². The Kier molecular flexibility index (Phi) is 6.69. The average molecular weight is 204 g/mol. The van der Waals surface area contributed by atoms with Crippen LogP contribution in [0.25, 0.3) is 0 Å². The van der Waals surface area contributed by atoms with Gasteiger partial charge in [0, 0.05) is 13.7 Å². The van der Waals surface area contributed by atoms with Crippen LogP contribution < -0.4 is 5.32 Å². The molecule has 0 aliphatic rings. The molecule has 0 radical (unpaired) electrons. The highest BCUT2D eigenvalue weighted by Crippen LogP contribution is 1.89. The van der Waals surface area contributed by atoms with E-state index in [0.29, 0.717) is 13.2 Å². The second-order valence-electron chi connectivity index (χ2n) is 2.73. The van der Waals surface area contributed by atoms with Gasteiger partial charge >= 0.3 is 5.97 Å². The number of amides is 1. The lowest BCUT2D eigenvalue weighted by Crippen LogP contribution is -2.42. The smallest absolute Gasteiger partial charge is 0.323 e. The van der Waals surface area contributed by atoms with E-state index in [9.17, 15) is 9.59 Å². The summed E-state index contributed by atoms with van der Waals surface area (Å²) in [7, 11) is 3.13. The highest BCUT2D eigenvalue weighted by molar-refractivity contribution is 5.82. The lowest BCUT2D eigenvalue weighted by molar-refractivity contribution is -0.144. The summed E-state index contributed by atoms with van der Waals surface area (Å²) in [5.41, 5.74) is 0. The first-order valence-corrected chi connectivity index (χ1v) is 4.25. The Morgan fingerprint density at radius 2 is 2.14 bits per heavy atom. The van der Waals surface area contributed by atoms with Crippen molar-refractivity contribution in [2.45, 2.75) is 0 Å². The highest BCUT2D eigenvalue weighted by Gasteiger charge is 2.14. The number of carboxylic acids is 1. The third kappa shape index (κ3) is 5.50. The Hall–Kier alpha value is -1.14. The molecule has 6 heteroatoms. The standard InChI is InChI=1S/C8H16N2O4/c1-9-5-7(11)10(3-4-14-2)6-8(12)13/h9H,3-6H2,1-2H3,(H,12,13). The van der Waals surface area contributed by atoms with Gasteiger partial charge in [0.15, 0.2) is 0 Å². The van der Waals surface area contributed by atoms with Crippen LogP contribution in [0.2, 0.25) is 0 Å². The number of aliphatic carboxylic acids is 1. The molecule has 0 aromatic carbocycles. The summed E-state index contributed by atoms with van der Waals surface area (Å²) in [5, 5.41) is 11.2. The summed E-state index contributed by atoms with van der Waals surface area (Å²) in [6.07, 6.45) is 0. The zero-order valence-electron chi connectivity index (χ0n) is 8.45. The van der Waals surface area contributed by atoms with Gasteiger partial charge in [-0.3, -0.25) is 9.59 Å². The SMILES string of the molecule is CNCC(=O)N(CCOC)CC(=O)O. The number of hydrogen-bond donors (Lipinski definition) is 2. The Labute approximate surface area is 82.8 Å². The van der Waals surface area contributed by atoms with Crippen molar-refractivity contribution in [3.63, 3.8) is 0 Å². The van der Waals surface area contributed by atoms with Gasteiger partial charge in [0.2, 0.25) is 5.91 Å². The molecule has 0 saturated heterocycles. The van der Waals surface area contributed by atoms with Crippen molar-refractivity contribution in [3.05, 3.63) is 0 Å². The molecule has 0 aromatic heterocycles. The van der Waals surface area contributed by atoms with E-state index in [0.717, 1.165) is 0 Å². The molecule has 0 rings (SSSR count). The Morgan fingerprint density at radius 1 is 1.50 bits per heavy atom. The molecule has 6 nitrogen and oxygen atoms in total. The van der Waals surface area contributed by atoms with Crippen molar-refractivity contribution < 1.29 is 19.4 Å². The molecule has 0 aliphatic heterocycles. The Bertz CT molecular complexity index is 196. The normalized spacial score (nSPS) is 9.86. The minimum Gasteiger partial charge on any atom is -0.480 e. The molecule has 0 fully saturated rings. The fourth-order valence-electron chi connectivity index (χ4n) is 0.920. The van der Waals surface area contributed by atoms with E-state index in [2.05, 4.69) is 5.32 Å². The van der Waals surface area contributed by atoms with Crippen LogP contribution in [0.15, 0.2) is 0 Å². The third-order valence-corrected chi connectivity index (χ3v) is 1.57. The van der Waals surface area contributed by atoms with E-state index in [4.69, 9.17) is 9.84 Å². The van der Waals surface area contributed by atoms with E-state index >= 15 is 0 Å². The van der Waals surface area contributed by atoms with Crippen molar-refractivity contribution in [2.24, 2.45) is 0 Å². The first kappa shape index (κ1) is 12.9. The minimum absolute atomic E-state index is 0.136. The zero-order chi connectivity index (χ0) is 11.0. The molecule has 0 atom stereocenters. The van der Waals surface area contributed by atoms with Crippen LogP contribution >= 0.6 is 0 Å². The molecule has 0 unspecified atom stereocenters. The van der Waals surface area contributed by atoms with Gasteiger partial charge in [0.25, 0.3) is 0 Å². The third-order valence-electron chi connectivity index (χ3n) is 1.57. The molecular formula is C8H16N2O4. The Morgan fingerprint density at radius 3 is 2.57 bits per heavy atom. The van der Waals surface area contributed by atoms with Crippen LogP contribution in [0.4, 0.5) is 0 Å². The lowest BCUT2D eigenvalue weighted by Gasteiger charge is -2.19. The van der Waals surface area contributed by atoms with E-state index in [1.165, 1.54) is 12.0 Å². The second-order valence-corrected chi connectivity index (χ2v) is 2.73. The largest absolute Gasteiger partial charge is 0.480 e. The molecule has 14 heavy (non-hydrogen) atoms. The van der Waals surface area contributed by atoms with Crippen LogP contribution in [0.1, 0.15) is 0 Å². The first-order chi connectivity index (χ1) is 6.61. The quantitative estimate of drug-likeness (QED) is 0.542. The second kappa shape index (κ2) is 7.28. The monoisotopic (exact) mass is 204 g/mol. The number of methoxy groups -OCH3 is 1. The van der Waals surface area contributed by atoms with Crippen molar-refractivity contribution in [1.82, 2.24) is 10.2 Å². The topological polar surface area (TPSA) is 78.9 Å². The summed E-state index contributed by atoms with van der Waals surface area (Å²) in [4.78, 5) is 23.0. The van der Waals surface area contributed by atoms with Crippen LogP contribution in [0.3, 0.4) is 0 Å². The molecule has 0 saturated carbocycles. The molecule has 0 aliphatic carbocycles. The zero-order valence-corrected chi connectivity index (χ0v) is 8.45. The highest BCUT2D eigenvalue weighted by atomic mass is 16.5. The van der Waals surface area contributed by atoms with Crippen molar-refractivity contribution in [2.75, 3.05) is 40.4 Å². The van der Waals surface area contributed by atoms with Crippen LogP contribution in [-0.2, 0) is 14.3 Å². The van der Waals surface area contributed by atoms with E-state index < -0.39 is 5.97 Å². The van der Waals surface area contributed by atoms with Gasteiger partial charge in [-0.1, -0.05) is 0 Å². The van der Waals surface area contributed by atoms with Gasteiger partial charge in [-0.2, -0.15) is 0 Å². The van der Waals surface area contributed by atoms with Gasteiger partial charge in [0.05, 0.1) is 13.2 Å². The number of carbonyl (C=O) groups is 2. The van der Waals surface area contributed by atoms with Gasteiger partial charge in [0.1, 0.15) is 6.54 Å². The van der Waals surface area contributed by atoms with Gasteiger partial charge in [-0.25, -0.2) is 0 Å². The number of carbonyl (C=O) groups excluding carboxylic acids is 1. The maximum atomic E-state index is 11.3. The molecule has 1 amide bonds. The number of likely N-dealkylation sites (N-methyl/N-ethyl adjacent to an activating group) is 1. The summed E-state index contributed by atoms with van der Waals surface area (Å²) in [6.45, 7) is 0.479. The fraction of sp³-hybridized carbons (Fsp3) is 0.750. The molecular weight excluding hydrogens is 188 g/mol. The Balaban J connectivity index is 4.08. The number of rotatable bonds is 7. The predicted molar refractivity (Wildman–Crippen MR) is 50.0 cm³/mol. The molecule has 0 bridgehead atoms. The van der Waals surface area contributed by atoms with Crippen LogP contribution in [0, 0.1) is 0 Å². The molecule has 82 valence electrons. The number of nitrogens with zero attached hydrogens (tertiary/aromatic N) is 1. The fourth-order valence-corrected chi connectivity index (χ4v) is 0.920. The van der Waals surface area contributed by atoms with Crippen molar-refractivity contribution in [3.8, 4) is 0 Å². The first-order valence-electron chi connectivity index (χ1n) is 4.25. The van der Waals surface area contributed by atoms with Crippen LogP contribution in [0.5, 0.6) is 0 Å². The summed E-state index contributed by atoms with van der Waals surface area (Å²) >= 11 is 0. The predicted octanol–water partition coefficient (Wildman–Crippen LogP) is -1.23. The maximum Gasteiger partial charge on any atom is 0.323 e. The molecule has 2 N–H and O–H groups in total. The van der Waals surface area contributed by atoms with Gasteiger partial charge in [-0.05, 0) is 7.05 Å². The molecule has 0 spiro atoms. The van der Waals surface area contributed by atoms with Gasteiger partial charge in [-0.15, -0.1) is 0 Å². The van der Waals surface area contributed by atoms with Crippen molar-refractivity contribution >= 4 is 11.9 Å². The summed E-state index contributed by atoms with van der Waals surface area (Å²) in [6, 6.07) is 0. The number of nitrogens with one attached hydrogen (secondary N) is 1. The van der Waals surface area contributed by atoms with Crippen molar-refractivity contribution in [1.29, 1.82) is 0 Å². The van der Waals surface area contributed by atoms with E-state index in [-0.39, 0.29) is 19.0 Å². The maximum absolute atomic E-state index is 11.3.